The van der Waals surface area contributed by atoms with Gasteiger partial charge in [-0.25, -0.2) is 4.79 Å². The molecule has 1 aromatic carbocycles. The summed E-state index contributed by atoms with van der Waals surface area (Å²) >= 11 is 0. The SMILES string of the molecule is CC(=O)Nc1ccc(NC(=O)CNC2CC2)c(C(=O)O)c1. The van der Waals surface area contributed by atoms with Crippen molar-refractivity contribution in [1.29, 1.82) is 0 Å². The Balaban J connectivity index is 2.07. The number of aromatic carboxylic acids is 1. The fraction of sp³-hybridized carbons (Fsp3) is 0.357. The van der Waals surface area contributed by atoms with Crippen LogP contribution in [0, 0.1) is 0 Å². The Morgan fingerprint density at radius 2 is 1.95 bits per heavy atom. The zero-order chi connectivity index (χ0) is 15.4. The Hall–Kier alpha value is -2.41. The van der Waals surface area contributed by atoms with Gasteiger partial charge in [0.05, 0.1) is 17.8 Å². The zero-order valence-electron chi connectivity index (χ0n) is 11.6. The normalized spacial score (nSPS) is 13.6. The van der Waals surface area contributed by atoms with Gasteiger partial charge in [0.15, 0.2) is 0 Å². The van der Waals surface area contributed by atoms with Gasteiger partial charge in [-0.15, -0.1) is 0 Å². The van der Waals surface area contributed by atoms with Gasteiger partial charge in [-0.2, -0.15) is 0 Å². The summed E-state index contributed by atoms with van der Waals surface area (Å²) in [6, 6.07) is 4.71. The predicted octanol–water partition coefficient (Wildman–Crippen LogP) is 1.03. The lowest BCUT2D eigenvalue weighted by Gasteiger charge is -2.11. The number of amides is 2. The lowest BCUT2D eigenvalue weighted by Crippen LogP contribution is -2.30. The molecule has 4 N–H and O–H groups in total. The van der Waals surface area contributed by atoms with Crippen molar-refractivity contribution in [1.82, 2.24) is 5.32 Å². The van der Waals surface area contributed by atoms with E-state index in [1.165, 1.54) is 25.1 Å². The van der Waals surface area contributed by atoms with E-state index in [2.05, 4.69) is 16.0 Å². The molecule has 1 saturated carbocycles. The summed E-state index contributed by atoms with van der Waals surface area (Å²) in [6.07, 6.45) is 2.14. The first-order chi connectivity index (χ1) is 9.95. The molecular formula is C14H17N3O4. The lowest BCUT2D eigenvalue weighted by atomic mass is 10.1. The second-order valence-electron chi connectivity index (χ2n) is 4.95. The second kappa shape index (κ2) is 6.36. The molecule has 7 heteroatoms. The van der Waals surface area contributed by atoms with Crippen LogP contribution in [0.15, 0.2) is 18.2 Å². The van der Waals surface area contributed by atoms with Crippen molar-refractivity contribution in [2.75, 3.05) is 17.2 Å². The van der Waals surface area contributed by atoms with Crippen molar-refractivity contribution in [3.63, 3.8) is 0 Å². The molecule has 112 valence electrons. The molecule has 0 saturated heterocycles. The number of carboxylic acid groups (broad SMARTS) is 1. The predicted molar refractivity (Wildman–Crippen MR) is 77.4 cm³/mol. The van der Waals surface area contributed by atoms with Gasteiger partial charge in [0, 0.05) is 18.7 Å². The minimum absolute atomic E-state index is 0.0685. The summed E-state index contributed by atoms with van der Waals surface area (Å²) in [5.41, 5.74) is 0.509. The molecule has 0 spiro atoms. The highest BCUT2D eigenvalue weighted by Gasteiger charge is 2.21. The van der Waals surface area contributed by atoms with E-state index >= 15 is 0 Å². The maximum absolute atomic E-state index is 11.7. The van der Waals surface area contributed by atoms with E-state index in [9.17, 15) is 19.5 Å². The molecule has 2 rings (SSSR count). The second-order valence-corrected chi connectivity index (χ2v) is 4.95. The highest BCUT2D eigenvalue weighted by molar-refractivity contribution is 6.02. The van der Waals surface area contributed by atoms with E-state index in [1.54, 1.807) is 0 Å². The van der Waals surface area contributed by atoms with Gasteiger partial charge in [-0.05, 0) is 31.0 Å². The molecule has 0 heterocycles. The van der Waals surface area contributed by atoms with Crippen molar-refractivity contribution in [3.05, 3.63) is 23.8 Å². The van der Waals surface area contributed by atoms with E-state index in [0.717, 1.165) is 12.8 Å². The molecule has 1 fully saturated rings. The minimum Gasteiger partial charge on any atom is -0.478 e. The molecule has 2 amide bonds. The Kier molecular flexibility index (Phi) is 4.54. The van der Waals surface area contributed by atoms with Crippen LogP contribution in [-0.2, 0) is 9.59 Å². The molecule has 1 aromatic rings. The van der Waals surface area contributed by atoms with E-state index in [1.807, 2.05) is 0 Å². The van der Waals surface area contributed by atoms with Gasteiger partial charge < -0.3 is 21.1 Å². The first-order valence-electron chi connectivity index (χ1n) is 6.64. The average Bonchev–Trinajstić information content (AvgIpc) is 3.21. The fourth-order valence-electron chi connectivity index (χ4n) is 1.83. The molecule has 0 aliphatic heterocycles. The average molecular weight is 291 g/mol. The van der Waals surface area contributed by atoms with Crippen molar-refractivity contribution in [2.24, 2.45) is 0 Å². The quantitative estimate of drug-likeness (QED) is 0.626. The highest BCUT2D eigenvalue weighted by atomic mass is 16.4. The van der Waals surface area contributed by atoms with E-state index < -0.39 is 5.97 Å². The van der Waals surface area contributed by atoms with Gasteiger partial charge in [0.1, 0.15) is 0 Å². The van der Waals surface area contributed by atoms with Crippen LogP contribution in [-0.4, -0.2) is 35.5 Å². The van der Waals surface area contributed by atoms with Crippen molar-refractivity contribution in [2.45, 2.75) is 25.8 Å². The molecule has 7 nitrogen and oxygen atoms in total. The van der Waals surface area contributed by atoms with Gasteiger partial charge in [-0.3, -0.25) is 9.59 Å². The Morgan fingerprint density at radius 1 is 1.24 bits per heavy atom. The largest absolute Gasteiger partial charge is 0.478 e. The number of carboxylic acids is 1. The molecule has 21 heavy (non-hydrogen) atoms. The van der Waals surface area contributed by atoms with Crippen LogP contribution in [0.25, 0.3) is 0 Å². The molecule has 1 aliphatic carbocycles. The number of benzene rings is 1. The van der Waals surface area contributed by atoms with Crippen LogP contribution in [0.2, 0.25) is 0 Å². The maximum Gasteiger partial charge on any atom is 0.337 e. The molecule has 0 radical (unpaired) electrons. The number of hydrogen-bond acceptors (Lipinski definition) is 4. The Morgan fingerprint density at radius 3 is 2.52 bits per heavy atom. The van der Waals surface area contributed by atoms with Crippen LogP contribution < -0.4 is 16.0 Å². The fourth-order valence-corrected chi connectivity index (χ4v) is 1.83. The summed E-state index contributed by atoms with van der Waals surface area (Å²) in [6.45, 7) is 1.48. The van der Waals surface area contributed by atoms with Gasteiger partial charge in [-0.1, -0.05) is 0 Å². The standard InChI is InChI=1S/C14H17N3O4/c1-8(18)16-10-4-5-12(11(6-10)14(20)21)17-13(19)7-15-9-2-3-9/h4-6,9,15H,2-3,7H2,1H3,(H,16,18)(H,17,19)(H,20,21). The first-order valence-corrected chi connectivity index (χ1v) is 6.64. The summed E-state index contributed by atoms with van der Waals surface area (Å²) in [5.74, 6) is -1.76. The number of anilines is 2. The topological polar surface area (TPSA) is 108 Å². The van der Waals surface area contributed by atoms with Crippen molar-refractivity contribution in [3.8, 4) is 0 Å². The summed E-state index contributed by atoms with van der Waals surface area (Å²) in [4.78, 5) is 34.0. The highest BCUT2D eigenvalue weighted by Crippen LogP contribution is 2.21. The van der Waals surface area contributed by atoms with E-state index in [0.29, 0.717) is 11.7 Å². The molecule has 0 unspecified atom stereocenters. The number of rotatable bonds is 6. The number of nitrogens with one attached hydrogen (secondary N) is 3. The van der Waals surface area contributed by atoms with Crippen LogP contribution >= 0.6 is 0 Å². The number of carbonyl (C=O) groups is 3. The third-order valence-electron chi connectivity index (χ3n) is 2.97. The van der Waals surface area contributed by atoms with E-state index in [4.69, 9.17) is 0 Å². The smallest absolute Gasteiger partial charge is 0.337 e. The van der Waals surface area contributed by atoms with Crippen LogP contribution in [0.4, 0.5) is 11.4 Å². The first kappa shape index (κ1) is 15.0. The Labute approximate surface area is 121 Å². The third-order valence-corrected chi connectivity index (χ3v) is 2.97. The summed E-state index contributed by atoms with van der Waals surface area (Å²) in [5, 5.41) is 17.3. The molecular weight excluding hydrogens is 274 g/mol. The third kappa shape index (κ3) is 4.57. The van der Waals surface area contributed by atoms with Crippen LogP contribution in [0.3, 0.4) is 0 Å². The molecule has 0 bridgehead atoms. The number of carbonyl (C=O) groups excluding carboxylic acids is 2. The van der Waals surface area contributed by atoms with Gasteiger partial charge >= 0.3 is 5.97 Å². The Bertz CT molecular complexity index is 582. The molecule has 0 aromatic heterocycles. The monoisotopic (exact) mass is 291 g/mol. The lowest BCUT2D eigenvalue weighted by molar-refractivity contribution is -0.115. The van der Waals surface area contributed by atoms with Crippen molar-refractivity contribution >= 4 is 29.2 Å². The maximum atomic E-state index is 11.7. The van der Waals surface area contributed by atoms with Crippen LogP contribution in [0.5, 0.6) is 0 Å². The van der Waals surface area contributed by atoms with Crippen molar-refractivity contribution < 1.29 is 19.5 Å². The summed E-state index contributed by atoms with van der Waals surface area (Å²) in [7, 11) is 0. The molecule has 1 aliphatic rings. The van der Waals surface area contributed by atoms with Crippen LogP contribution in [0.1, 0.15) is 30.1 Å². The zero-order valence-corrected chi connectivity index (χ0v) is 11.6. The van der Waals surface area contributed by atoms with Gasteiger partial charge in [0.25, 0.3) is 0 Å². The number of hydrogen-bond donors (Lipinski definition) is 4. The summed E-state index contributed by atoms with van der Waals surface area (Å²) < 4.78 is 0. The van der Waals surface area contributed by atoms with E-state index in [-0.39, 0.29) is 29.6 Å². The minimum atomic E-state index is -1.17. The van der Waals surface area contributed by atoms with Gasteiger partial charge in [0.2, 0.25) is 11.8 Å². The molecule has 0 atom stereocenters.